The zero-order valence-corrected chi connectivity index (χ0v) is 19.2. The van der Waals surface area contributed by atoms with Crippen molar-refractivity contribution >= 4 is 40.4 Å². The Kier molecular flexibility index (Phi) is 6.93. The van der Waals surface area contributed by atoms with E-state index in [-0.39, 0.29) is 33.6 Å². The van der Waals surface area contributed by atoms with Gasteiger partial charge in [0.15, 0.2) is 0 Å². The lowest BCUT2D eigenvalue weighted by Gasteiger charge is -2.03. The number of benzene rings is 2. The number of carbonyl (C=O) groups excluding carboxylic acids is 2. The molecule has 0 saturated carbocycles. The highest BCUT2D eigenvalue weighted by molar-refractivity contribution is 8.18. The molecule has 9 nitrogen and oxygen atoms in total. The summed E-state index contributed by atoms with van der Waals surface area (Å²) in [7, 11) is 0. The third kappa shape index (κ3) is 5.22. The fourth-order valence-electron chi connectivity index (χ4n) is 3.19. The van der Waals surface area contributed by atoms with Crippen molar-refractivity contribution in [2.45, 2.75) is 6.92 Å². The van der Waals surface area contributed by atoms with Crippen molar-refractivity contribution in [3.63, 3.8) is 0 Å². The zero-order valence-electron chi connectivity index (χ0n) is 18.3. The fraction of sp³-hybridized carbons (Fsp3) is 0.0800. The Morgan fingerprint density at radius 2 is 1.83 bits per heavy atom. The topological polar surface area (TPSA) is 132 Å². The summed E-state index contributed by atoms with van der Waals surface area (Å²) in [6, 6.07) is 17.5. The van der Waals surface area contributed by atoms with Gasteiger partial charge in [-0.2, -0.15) is 0 Å². The monoisotopic (exact) mass is 490 g/mol. The number of furan rings is 1. The number of aliphatic hydroxyl groups is 1. The molecular formula is C25H18N2O7S. The number of non-ortho nitro benzene ring substituents is 1. The minimum atomic E-state index is -0.800. The number of amides is 1. The third-order valence-electron chi connectivity index (χ3n) is 4.86. The van der Waals surface area contributed by atoms with Crippen LogP contribution in [0.15, 0.2) is 92.4 Å². The second-order valence-electron chi connectivity index (χ2n) is 7.15. The van der Waals surface area contributed by atoms with Crippen LogP contribution in [-0.4, -0.2) is 33.6 Å². The van der Waals surface area contributed by atoms with Crippen LogP contribution in [0.2, 0.25) is 0 Å². The van der Waals surface area contributed by atoms with Crippen LogP contribution in [0.25, 0.3) is 17.4 Å². The molecule has 1 aliphatic heterocycles. The summed E-state index contributed by atoms with van der Waals surface area (Å²) in [6.07, 6.45) is 1.50. The average molecular weight is 490 g/mol. The lowest BCUT2D eigenvalue weighted by Crippen LogP contribution is -2.14. The molecule has 1 aliphatic rings. The molecule has 10 heteroatoms. The summed E-state index contributed by atoms with van der Waals surface area (Å²) in [5, 5.41) is 21.6. The van der Waals surface area contributed by atoms with Crippen LogP contribution in [0.1, 0.15) is 23.0 Å². The lowest BCUT2D eigenvalue weighted by molar-refractivity contribution is -0.384. The van der Waals surface area contributed by atoms with E-state index in [4.69, 9.17) is 9.15 Å². The van der Waals surface area contributed by atoms with Gasteiger partial charge in [0, 0.05) is 23.3 Å². The maximum atomic E-state index is 12.6. The van der Waals surface area contributed by atoms with Gasteiger partial charge in [-0.3, -0.25) is 14.9 Å². The van der Waals surface area contributed by atoms with Gasteiger partial charge in [-0.05, 0) is 49.4 Å². The van der Waals surface area contributed by atoms with Crippen LogP contribution in [0.5, 0.6) is 0 Å². The zero-order chi connectivity index (χ0) is 24.9. The van der Waals surface area contributed by atoms with Crippen LogP contribution in [0.3, 0.4) is 0 Å². The van der Waals surface area contributed by atoms with Crippen LogP contribution in [0, 0.1) is 10.1 Å². The molecule has 0 atom stereocenters. The number of nitro groups is 1. The molecule has 1 aromatic heterocycles. The Morgan fingerprint density at radius 3 is 2.49 bits per heavy atom. The molecule has 3 aromatic rings. The van der Waals surface area contributed by atoms with E-state index in [0.717, 1.165) is 11.8 Å². The fourth-order valence-corrected chi connectivity index (χ4v) is 4.18. The number of aliphatic hydroxyl groups excluding tert-OH is 1. The molecule has 1 amide bonds. The van der Waals surface area contributed by atoms with Crippen LogP contribution in [0.4, 0.5) is 5.69 Å². The summed E-state index contributed by atoms with van der Waals surface area (Å²) < 4.78 is 10.8. The van der Waals surface area contributed by atoms with E-state index in [9.17, 15) is 24.8 Å². The Hall–Kier alpha value is -4.44. The van der Waals surface area contributed by atoms with Gasteiger partial charge < -0.3 is 14.3 Å². The maximum absolute atomic E-state index is 12.6. The van der Waals surface area contributed by atoms with Crippen LogP contribution >= 0.6 is 11.8 Å². The highest BCUT2D eigenvalue weighted by Crippen LogP contribution is 2.40. The van der Waals surface area contributed by atoms with Crippen molar-refractivity contribution in [1.82, 2.24) is 0 Å². The molecule has 0 unspecified atom stereocenters. The molecule has 4 rings (SSSR count). The normalized spacial score (nSPS) is 15.6. The second kappa shape index (κ2) is 10.2. The van der Waals surface area contributed by atoms with Gasteiger partial charge in [-0.25, -0.2) is 9.79 Å². The molecule has 176 valence electrons. The van der Waals surface area contributed by atoms with Gasteiger partial charge in [-0.1, -0.05) is 30.0 Å². The van der Waals surface area contributed by atoms with Crippen LogP contribution < -0.4 is 0 Å². The highest BCUT2D eigenvalue weighted by atomic mass is 32.2. The standard InChI is InChI=1S/C25H18N2O7S/c1-2-33-25(30)21-22(28)20(35-24(21)26-23(29)16-6-4-3-5-7-16)14-18-12-13-19(34-18)15-8-10-17(11-9-15)27(31)32/h3-14,28H,2H2,1H3/b20-14-,26-24?. The van der Waals surface area contributed by atoms with E-state index in [1.807, 2.05) is 0 Å². The Bertz CT molecular complexity index is 1390. The summed E-state index contributed by atoms with van der Waals surface area (Å²) in [5.74, 6) is -0.932. The molecule has 0 bridgehead atoms. The number of ether oxygens (including phenoxy) is 1. The second-order valence-corrected chi connectivity index (χ2v) is 8.18. The van der Waals surface area contributed by atoms with E-state index in [0.29, 0.717) is 22.6 Å². The van der Waals surface area contributed by atoms with E-state index in [1.54, 1.807) is 61.5 Å². The SMILES string of the molecule is CCOC(=O)C1=C(O)/C(=C/c2ccc(-c3ccc([N+](=O)[O-])cc3)o2)SC1=NC(=O)c1ccccc1. The van der Waals surface area contributed by atoms with Gasteiger partial charge in [0.1, 0.15) is 27.9 Å². The number of nitro benzene ring substituents is 1. The predicted molar refractivity (Wildman–Crippen MR) is 131 cm³/mol. The molecule has 0 fully saturated rings. The molecule has 0 radical (unpaired) electrons. The van der Waals surface area contributed by atoms with Crippen molar-refractivity contribution in [2.24, 2.45) is 4.99 Å². The minimum Gasteiger partial charge on any atom is -0.506 e. The number of aliphatic imine (C=N–C) groups is 1. The number of nitrogens with zero attached hydrogens (tertiary/aromatic N) is 2. The molecule has 2 aromatic carbocycles. The number of carbonyl (C=O) groups is 2. The average Bonchev–Trinajstić information content (AvgIpc) is 3.44. The third-order valence-corrected chi connectivity index (χ3v) is 5.88. The van der Waals surface area contributed by atoms with E-state index in [1.165, 1.54) is 18.2 Å². The summed E-state index contributed by atoms with van der Waals surface area (Å²) >= 11 is 0.940. The molecule has 0 aliphatic carbocycles. The quantitative estimate of drug-likeness (QED) is 0.270. The number of hydrogen-bond acceptors (Lipinski definition) is 8. The first-order chi connectivity index (χ1) is 16.9. The van der Waals surface area contributed by atoms with E-state index < -0.39 is 16.8 Å². The maximum Gasteiger partial charge on any atom is 0.344 e. The van der Waals surface area contributed by atoms with Crippen molar-refractivity contribution in [3.05, 3.63) is 104 Å². The Balaban J connectivity index is 1.65. The number of esters is 1. The van der Waals surface area contributed by atoms with Crippen LogP contribution in [-0.2, 0) is 9.53 Å². The molecule has 2 heterocycles. The van der Waals surface area contributed by atoms with E-state index >= 15 is 0 Å². The van der Waals surface area contributed by atoms with Gasteiger partial charge >= 0.3 is 5.97 Å². The largest absolute Gasteiger partial charge is 0.506 e. The summed E-state index contributed by atoms with van der Waals surface area (Å²) in [5.41, 5.74) is 0.722. The molecular weight excluding hydrogens is 472 g/mol. The Morgan fingerprint density at radius 1 is 1.11 bits per heavy atom. The van der Waals surface area contributed by atoms with Gasteiger partial charge in [0.25, 0.3) is 11.6 Å². The van der Waals surface area contributed by atoms with Gasteiger partial charge in [0.05, 0.1) is 16.4 Å². The minimum absolute atomic E-state index is 0.0169. The molecule has 1 N–H and O–H groups in total. The first-order valence-corrected chi connectivity index (χ1v) is 11.2. The number of thioether (sulfide) groups is 1. The number of rotatable bonds is 6. The molecule has 0 saturated heterocycles. The smallest absolute Gasteiger partial charge is 0.344 e. The lowest BCUT2D eigenvalue weighted by atomic mass is 10.1. The first kappa shape index (κ1) is 23.7. The predicted octanol–water partition coefficient (Wildman–Crippen LogP) is 5.56. The van der Waals surface area contributed by atoms with Gasteiger partial charge in [-0.15, -0.1) is 0 Å². The first-order valence-electron chi connectivity index (χ1n) is 10.4. The number of hydrogen-bond donors (Lipinski definition) is 1. The summed E-state index contributed by atoms with van der Waals surface area (Å²) in [4.78, 5) is 39.7. The Labute approximate surface area is 203 Å². The highest BCUT2D eigenvalue weighted by Gasteiger charge is 2.34. The molecule has 35 heavy (non-hydrogen) atoms. The van der Waals surface area contributed by atoms with Crippen molar-refractivity contribution in [3.8, 4) is 11.3 Å². The van der Waals surface area contributed by atoms with Gasteiger partial charge in [0.2, 0.25) is 0 Å². The van der Waals surface area contributed by atoms with Crippen molar-refractivity contribution in [2.75, 3.05) is 6.61 Å². The molecule has 0 spiro atoms. The summed E-state index contributed by atoms with van der Waals surface area (Å²) in [6.45, 7) is 1.71. The van der Waals surface area contributed by atoms with Crippen molar-refractivity contribution in [1.29, 1.82) is 0 Å². The van der Waals surface area contributed by atoms with E-state index in [2.05, 4.69) is 4.99 Å². The van der Waals surface area contributed by atoms with Crippen molar-refractivity contribution < 1.29 is 28.8 Å².